The van der Waals surface area contributed by atoms with Gasteiger partial charge in [-0.25, -0.2) is 15.6 Å². The van der Waals surface area contributed by atoms with Crippen LogP contribution in [0, 0.1) is 11.3 Å². The lowest BCUT2D eigenvalue weighted by Crippen LogP contribution is -2.32. The minimum Gasteiger partial charge on any atom is -0.477 e. The van der Waals surface area contributed by atoms with Crippen molar-refractivity contribution in [2.45, 2.75) is 32.2 Å². The first-order valence-corrected chi connectivity index (χ1v) is 13.7. The summed E-state index contributed by atoms with van der Waals surface area (Å²) in [5.41, 5.74) is 7.79. The highest BCUT2D eigenvalue weighted by Crippen LogP contribution is 2.32. The Morgan fingerprint density at radius 2 is 2.00 bits per heavy atom. The summed E-state index contributed by atoms with van der Waals surface area (Å²) in [6.07, 6.45) is 6.83. The fourth-order valence-corrected chi connectivity index (χ4v) is 5.00. The number of hydrazine groups is 1. The highest BCUT2D eigenvalue weighted by molar-refractivity contribution is 6.31. The number of hydrogen-bond donors (Lipinski definition) is 6. The molecule has 1 amide bonds. The molecule has 14 heteroatoms. The molecule has 0 fully saturated rings. The Labute approximate surface area is 252 Å². The third-order valence-electron chi connectivity index (χ3n) is 7.10. The molecule has 2 aromatic heterocycles. The van der Waals surface area contributed by atoms with E-state index in [4.69, 9.17) is 33.7 Å². The zero-order chi connectivity index (χ0) is 31.3. The number of halogens is 1. The summed E-state index contributed by atoms with van der Waals surface area (Å²) in [4.78, 5) is 46.8. The average Bonchev–Trinajstić information content (AvgIpc) is 2.98. The zero-order valence-electron chi connectivity index (χ0n) is 23.5. The maximum Gasteiger partial charge on any atom is 0.353 e. The Morgan fingerprint density at radius 3 is 2.67 bits per heavy atom. The molecular weight excluding hydrogens is 574 g/mol. The second-order valence-electron chi connectivity index (χ2n) is 9.97. The van der Waals surface area contributed by atoms with Gasteiger partial charge in [-0.05, 0) is 43.2 Å². The molecule has 43 heavy (non-hydrogen) atoms. The summed E-state index contributed by atoms with van der Waals surface area (Å²) in [6.45, 7) is 1.82. The van der Waals surface area contributed by atoms with Crippen molar-refractivity contribution in [2.75, 3.05) is 12.1 Å². The molecule has 2 atom stereocenters. The lowest BCUT2D eigenvalue weighted by Gasteiger charge is -2.23. The first-order valence-electron chi connectivity index (χ1n) is 13.4. The van der Waals surface area contributed by atoms with Crippen molar-refractivity contribution in [1.82, 2.24) is 25.2 Å². The number of carboxylic acid groups (broad SMARTS) is 1. The van der Waals surface area contributed by atoms with Gasteiger partial charge >= 0.3 is 5.97 Å². The third-order valence-corrected chi connectivity index (χ3v) is 7.34. The summed E-state index contributed by atoms with van der Waals surface area (Å²) in [5.74, 6) is 4.21. The number of allylic oxidation sites excluding steroid dienone is 1. The Hall–Kier alpha value is -5.01. The molecule has 0 saturated heterocycles. The molecule has 1 aliphatic rings. The van der Waals surface area contributed by atoms with Gasteiger partial charge in [0.25, 0.3) is 5.56 Å². The van der Waals surface area contributed by atoms with E-state index in [-0.39, 0.29) is 23.1 Å². The van der Waals surface area contributed by atoms with Crippen LogP contribution in [0.2, 0.25) is 5.02 Å². The number of nitrogens with one attached hydrogen (secondary N) is 3. The van der Waals surface area contributed by atoms with Crippen LogP contribution in [0.5, 0.6) is 0 Å². The normalized spacial score (nSPS) is 19.4. The van der Waals surface area contributed by atoms with Crippen molar-refractivity contribution < 1.29 is 14.7 Å². The molecule has 224 valence electrons. The zero-order valence-corrected chi connectivity index (χ0v) is 24.3. The van der Waals surface area contributed by atoms with E-state index in [0.29, 0.717) is 58.2 Å². The predicted octanol–water partition coefficient (Wildman–Crippen LogP) is 2.59. The monoisotopic (exact) mass is 605 g/mol. The van der Waals surface area contributed by atoms with Crippen molar-refractivity contribution in [3.8, 4) is 11.3 Å². The molecule has 3 heterocycles. The number of pyridine rings is 1. The minimum absolute atomic E-state index is 0.202. The Bertz CT molecular complexity index is 1680. The number of fused-ring (bicyclic) bond motifs is 2. The van der Waals surface area contributed by atoms with Gasteiger partial charge in [-0.15, -0.1) is 0 Å². The third kappa shape index (κ3) is 6.90. The molecule has 0 spiro atoms. The van der Waals surface area contributed by atoms with Crippen LogP contribution >= 0.6 is 11.6 Å². The number of amides is 1. The first-order chi connectivity index (χ1) is 20.5. The molecule has 2 bridgehead atoms. The van der Waals surface area contributed by atoms with E-state index in [1.54, 1.807) is 37.5 Å². The van der Waals surface area contributed by atoms with E-state index >= 15 is 0 Å². The number of hydrogen-bond acceptors (Lipinski definition) is 10. The van der Waals surface area contributed by atoms with Gasteiger partial charge < -0.3 is 26.9 Å². The number of carboxylic acids is 1. The molecule has 2 unspecified atom stereocenters. The highest BCUT2D eigenvalue weighted by atomic mass is 35.5. The number of carbonyl (C=O) groups excluding carboxylic acids is 1. The van der Waals surface area contributed by atoms with Crippen molar-refractivity contribution >= 4 is 41.1 Å². The van der Waals surface area contributed by atoms with E-state index in [0.717, 1.165) is 17.4 Å². The minimum atomic E-state index is -1.34. The van der Waals surface area contributed by atoms with E-state index in [9.17, 15) is 14.4 Å². The van der Waals surface area contributed by atoms with Gasteiger partial charge in [0.15, 0.2) is 0 Å². The van der Waals surface area contributed by atoms with Crippen molar-refractivity contribution in [3.05, 3.63) is 93.2 Å². The molecule has 1 aromatic carbocycles. The summed E-state index contributed by atoms with van der Waals surface area (Å²) in [7, 11) is 1.70. The van der Waals surface area contributed by atoms with Crippen LogP contribution in [0.4, 0.5) is 5.69 Å². The smallest absolute Gasteiger partial charge is 0.353 e. The molecule has 1 aliphatic heterocycles. The van der Waals surface area contributed by atoms with Gasteiger partial charge in [0.05, 0.1) is 47.0 Å². The van der Waals surface area contributed by atoms with Gasteiger partial charge in [0, 0.05) is 47.6 Å². The number of aliphatic carboxylic acids is 1. The van der Waals surface area contributed by atoms with E-state index in [1.165, 1.54) is 17.0 Å². The van der Waals surface area contributed by atoms with Crippen LogP contribution in [-0.2, 0) is 9.59 Å². The van der Waals surface area contributed by atoms with Gasteiger partial charge in [-0.3, -0.25) is 24.1 Å². The fraction of sp³-hybridized carbons (Fsp3) is 0.241. The van der Waals surface area contributed by atoms with Crippen LogP contribution in [0.3, 0.4) is 0 Å². The predicted molar refractivity (Wildman–Crippen MR) is 164 cm³/mol. The molecule has 8 N–H and O–H groups in total. The molecule has 3 aromatic rings. The van der Waals surface area contributed by atoms with Crippen LogP contribution in [-0.4, -0.2) is 44.8 Å². The molecule has 0 radical (unpaired) electrons. The topological polar surface area (TPSA) is 205 Å². The van der Waals surface area contributed by atoms with Crippen molar-refractivity contribution in [1.29, 1.82) is 5.41 Å². The summed E-state index contributed by atoms with van der Waals surface area (Å²) in [5, 5.41) is 24.3. The molecule has 0 saturated carbocycles. The summed E-state index contributed by atoms with van der Waals surface area (Å²) in [6, 6.07) is 9.10. The van der Waals surface area contributed by atoms with Crippen molar-refractivity contribution in [3.63, 3.8) is 0 Å². The van der Waals surface area contributed by atoms with E-state index in [2.05, 4.69) is 20.6 Å². The van der Waals surface area contributed by atoms with E-state index < -0.39 is 17.7 Å². The Balaban J connectivity index is 1.81. The van der Waals surface area contributed by atoms with Crippen LogP contribution in [0.15, 0.2) is 71.3 Å². The lowest BCUT2D eigenvalue weighted by molar-refractivity contribution is -0.132. The second-order valence-corrected chi connectivity index (χ2v) is 10.4. The molecule has 13 nitrogen and oxygen atoms in total. The number of rotatable bonds is 7. The van der Waals surface area contributed by atoms with Crippen LogP contribution in [0.25, 0.3) is 17.0 Å². The quantitative estimate of drug-likeness (QED) is 0.100. The molecule has 0 aliphatic carbocycles. The molecule has 4 rings (SSSR count). The maximum absolute atomic E-state index is 13.6. The summed E-state index contributed by atoms with van der Waals surface area (Å²) < 4.78 is 1.49. The van der Waals surface area contributed by atoms with Gasteiger partial charge in [-0.1, -0.05) is 24.9 Å². The van der Waals surface area contributed by atoms with Crippen molar-refractivity contribution in [2.24, 2.45) is 17.5 Å². The van der Waals surface area contributed by atoms with Gasteiger partial charge in [0.1, 0.15) is 5.70 Å². The van der Waals surface area contributed by atoms with Gasteiger partial charge in [-0.2, -0.15) is 0 Å². The number of benzene rings is 1. The maximum atomic E-state index is 13.6. The fourth-order valence-electron chi connectivity index (χ4n) is 4.83. The number of carbonyl (C=O) groups is 2. The Kier molecular flexibility index (Phi) is 9.58. The Morgan fingerprint density at radius 1 is 1.23 bits per heavy atom. The SMILES string of the molecule is CN/C1=C(\C=N)NC(=O)C(C)CCCC(n2cnc(-c3cc(Cl)ccc3N(N)/C=C(\N)C(=O)O)cc2=O)c2cc1ccn2. The highest BCUT2D eigenvalue weighted by Gasteiger charge is 2.23. The van der Waals surface area contributed by atoms with Crippen LogP contribution in [0.1, 0.15) is 43.5 Å². The number of nitrogens with two attached hydrogens (primary N) is 2. The number of nitrogens with zero attached hydrogens (tertiary/aromatic N) is 4. The number of anilines is 1. The lowest BCUT2D eigenvalue weighted by atomic mass is 9.96. The summed E-state index contributed by atoms with van der Waals surface area (Å²) >= 11 is 6.25. The second kappa shape index (κ2) is 13.3. The average molecular weight is 606 g/mol. The number of aromatic nitrogens is 3. The molecular formula is C29H32ClN9O4. The van der Waals surface area contributed by atoms with E-state index in [1.807, 2.05) is 13.0 Å². The van der Waals surface area contributed by atoms with Crippen LogP contribution < -0.4 is 32.8 Å². The first kappa shape index (κ1) is 30.9. The largest absolute Gasteiger partial charge is 0.477 e. The standard InChI is InChI=1S/C29H32ClN9O4/c1-16-4-3-5-25(22-10-17(8-9-35-22)27(34-2)23(13-31)37-28(16)41)38-15-36-21(12-26(38)40)19-11-18(30)6-7-24(19)39(33)14-20(32)29(42)43/h6-16,25,31,34H,3-5,32-33H2,1-2H3,(H,37,41)(H,42,43)/b20-14-,27-23+,31-13?. The van der Waals surface area contributed by atoms with Gasteiger partial charge in [0.2, 0.25) is 5.91 Å².